The summed E-state index contributed by atoms with van der Waals surface area (Å²) in [7, 11) is 3.21. The molecule has 2 saturated carbocycles. The van der Waals surface area contributed by atoms with E-state index in [2.05, 4.69) is 10.1 Å². The number of halogens is 3. The van der Waals surface area contributed by atoms with Crippen LogP contribution in [0.3, 0.4) is 0 Å². The number of aliphatic hydroxyl groups excluding tert-OH is 1. The zero-order valence-electron chi connectivity index (χ0n) is 23.6. The van der Waals surface area contributed by atoms with Gasteiger partial charge in [0.15, 0.2) is 0 Å². The number of imidazole rings is 1. The molecule has 1 unspecified atom stereocenters. The van der Waals surface area contributed by atoms with Gasteiger partial charge < -0.3 is 19.7 Å². The number of aliphatic hydroxyl groups is 1. The number of hydrogen-bond donors (Lipinski definition) is 2. The second-order valence-electron chi connectivity index (χ2n) is 11.4. The molecule has 0 spiro atoms. The maximum atomic E-state index is 13.4. The van der Waals surface area contributed by atoms with E-state index in [-0.39, 0.29) is 23.0 Å². The summed E-state index contributed by atoms with van der Waals surface area (Å²) >= 11 is 0. The molecule has 1 amide bonds. The van der Waals surface area contributed by atoms with Gasteiger partial charge in [0.25, 0.3) is 5.91 Å². The predicted octanol–water partition coefficient (Wildman–Crippen LogP) is 6.18. The van der Waals surface area contributed by atoms with Crippen LogP contribution in [0.15, 0.2) is 42.6 Å². The van der Waals surface area contributed by atoms with Gasteiger partial charge in [-0.15, -0.1) is 13.2 Å². The van der Waals surface area contributed by atoms with Gasteiger partial charge in [-0.25, -0.2) is 4.98 Å². The van der Waals surface area contributed by atoms with Gasteiger partial charge in [0.1, 0.15) is 11.6 Å². The number of benzene rings is 2. The molecule has 222 valence electrons. The number of rotatable bonds is 8. The second-order valence-corrected chi connectivity index (χ2v) is 11.4. The summed E-state index contributed by atoms with van der Waals surface area (Å²) < 4.78 is 48.4. The van der Waals surface area contributed by atoms with Crippen LogP contribution in [0.25, 0.3) is 33.5 Å². The Morgan fingerprint density at radius 1 is 1.12 bits per heavy atom. The van der Waals surface area contributed by atoms with Crippen LogP contribution in [-0.2, 0) is 13.6 Å². The quantitative estimate of drug-likeness (QED) is 0.259. The highest BCUT2D eigenvalue weighted by Gasteiger charge is 2.36. The van der Waals surface area contributed by atoms with Crippen molar-refractivity contribution in [3.63, 3.8) is 0 Å². The molecule has 2 N–H and O–H groups in total. The van der Waals surface area contributed by atoms with Crippen LogP contribution in [0, 0.1) is 5.92 Å². The van der Waals surface area contributed by atoms with Crippen molar-refractivity contribution in [2.45, 2.75) is 69.9 Å². The van der Waals surface area contributed by atoms with Crippen LogP contribution in [0.4, 0.5) is 13.2 Å². The van der Waals surface area contributed by atoms with Crippen molar-refractivity contribution in [2.75, 3.05) is 7.05 Å². The third-order valence-corrected chi connectivity index (χ3v) is 8.46. The monoisotopic (exact) mass is 581 g/mol. The van der Waals surface area contributed by atoms with E-state index in [0.717, 1.165) is 66.8 Å². The van der Waals surface area contributed by atoms with Gasteiger partial charge in [-0.05, 0) is 55.9 Å². The van der Waals surface area contributed by atoms with E-state index in [9.17, 15) is 23.1 Å². The normalized spacial score (nSPS) is 17.0. The van der Waals surface area contributed by atoms with Crippen LogP contribution in [0.2, 0.25) is 0 Å². The molecular weight excluding hydrogens is 547 g/mol. The van der Waals surface area contributed by atoms with Crippen molar-refractivity contribution in [1.82, 2.24) is 24.6 Å². The number of carbonyl (C=O) groups excluding carboxylic acids is 1. The lowest BCUT2D eigenvalue weighted by molar-refractivity contribution is -0.274. The first-order chi connectivity index (χ1) is 20.1. The van der Waals surface area contributed by atoms with Crippen molar-refractivity contribution in [1.29, 1.82) is 0 Å². The Bertz CT molecular complexity index is 1620. The van der Waals surface area contributed by atoms with E-state index in [4.69, 9.17) is 10.1 Å². The first-order valence-electron chi connectivity index (χ1n) is 14.5. The van der Waals surface area contributed by atoms with Gasteiger partial charge in [-0.2, -0.15) is 5.10 Å². The largest absolute Gasteiger partial charge is 0.573 e. The maximum Gasteiger partial charge on any atom is 0.573 e. The highest BCUT2D eigenvalue weighted by molar-refractivity contribution is 5.96. The minimum Gasteiger partial charge on any atom is -0.405 e. The summed E-state index contributed by atoms with van der Waals surface area (Å²) in [5.74, 6) is -0.208. The van der Waals surface area contributed by atoms with Crippen LogP contribution >= 0.6 is 0 Å². The minimum absolute atomic E-state index is 0.0462. The van der Waals surface area contributed by atoms with Crippen LogP contribution in [0.5, 0.6) is 5.75 Å². The summed E-state index contributed by atoms with van der Waals surface area (Å²) in [6, 6.07) is 9.76. The predicted molar refractivity (Wildman–Crippen MR) is 152 cm³/mol. The summed E-state index contributed by atoms with van der Waals surface area (Å²) in [6.07, 6.45) is 3.96. The van der Waals surface area contributed by atoms with Crippen molar-refractivity contribution < 1.29 is 27.8 Å². The SMILES string of the molecule is CNC(=O)c1ccc(-c2nc(-c3cccc4nn(CC(O)C5CCCCC5)cc34)c(C3CC3)n2C)c(OC(F)(F)F)c1. The lowest BCUT2D eigenvalue weighted by Crippen LogP contribution is -2.27. The topological polar surface area (TPSA) is 94.2 Å². The molecule has 2 heterocycles. The van der Waals surface area contributed by atoms with Crippen LogP contribution in [-0.4, -0.2) is 49.9 Å². The zero-order chi connectivity index (χ0) is 29.6. The molecule has 0 bridgehead atoms. The van der Waals surface area contributed by atoms with Crippen LogP contribution < -0.4 is 10.1 Å². The van der Waals surface area contributed by atoms with Crippen molar-refractivity contribution >= 4 is 16.8 Å². The van der Waals surface area contributed by atoms with Crippen molar-refractivity contribution in [3.8, 4) is 28.4 Å². The molecule has 2 aromatic heterocycles. The summed E-state index contributed by atoms with van der Waals surface area (Å²) in [5, 5.41) is 18.9. The third kappa shape index (κ3) is 5.62. The van der Waals surface area contributed by atoms with Crippen molar-refractivity contribution in [3.05, 3.63) is 53.9 Å². The first-order valence-corrected chi connectivity index (χ1v) is 14.5. The molecule has 0 saturated heterocycles. The van der Waals surface area contributed by atoms with E-state index in [0.29, 0.717) is 18.1 Å². The Kier molecular flexibility index (Phi) is 7.46. The summed E-state index contributed by atoms with van der Waals surface area (Å²) in [6.45, 7) is 0.400. The lowest BCUT2D eigenvalue weighted by atomic mass is 9.85. The van der Waals surface area contributed by atoms with Crippen LogP contribution in [0.1, 0.15) is 66.9 Å². The highest BCUT2D eigenvalue weighted by Crippen LogP contribution is 2.47. The Balaban J connectivity index is 1.42. The van der Waals surface area contributed by atoms with Crippen molar-refractivity contribution in [2.24, 2.45) is 13.0 Å². The van der Waals surface area contributed by atoms with Gasteiger partial charge in [-0.3, -0.25) is 9.48 Å². The summed E-state index contributed by atoms with van der Waals surface area (Å²) in [4.78, 5) is 17.1. The summed E-state index contributed by atoms with van der Waals surface area (Å²) in [5.41, 5.74) is 3.38. The average molecular weight is 582 g/mol. The Hall–Kier alpha value is -3.86. The van der Waals surface area contributed by atoms with E-state index >= 15 is 0 Å². The van der Waals surface area contributed by atoms with E-state index < -0.39 is 24.1 Å². The highest BCUT2D eigenvalue weighted by atomic mass is 19.4. The molecule has 11 heteroatoms. The molecule has 0 aliphatic heterocycles. The molecule has 0 radical (unpaired) electrons. The fraction of sp³-hybridized carbons (Fsp3) is 0.452. The number of fused-ring (bicyclic) bond motifs is 1. The van der Waals surface area contributed by atoms with Gasteiger partial charge in [-0.1, -0.05) is 31.4 Å². The maximum absolute atomic E-state index is 13.4. The van der Waals surface area contributed by atoms with Gasteiger partial charge in [0.05, 0.1) is 29.4 Å². The smallest absolute Gasteiger partial charge is 0.405 e. The number of ether oxygens (including phenoxy) is 1. The third-order valence-electron chi connectivity index (χ3n) is 8.46. The second kappa shape index (κ2) is 11.1. The standard InChI is InChI=1S/C31H34F3N5O3/c1-35-30(41)20-13-14-22(26(15-20)42-31(32,33)34)29-36-27(28(38(29)2)19-11-12-19)21-9-6-10-24-23(21)16-39(37-24)17-25(40)18-7-4-3-5-8-18/h6,9-10,13-16,18-19,25,40H,3-5,7-8,11-12,17H2,1-2H3,(H,35,41). The van der Waals surface area contributed by atoms with Gasteiger partial charge in [0.2, 0.25) is 0 Å². The minimum atomic E-state index is -4.95. The molecule has 42 heavy (non-hydrogen) atoms. The Morgan fingerprint density at radius 3 is 2.57 bits per heavy atom. The van der Waals surface area contributed by atoms with E-state index in [1.54, 1.807) is 11.7 Å². The number of carbonyl (C=O) groups is 1. The van der Waals surface area contributed by atoms with Gasteiger partial charge in [0, 0.05) is 48.4 Å². The molecule has 2 fully saturated rings. The number of nitrogens with zero attached hydrogens (tertiary/aromatic N) is 4. The number of nitrogens with one attached hydrogen (secondary N) is 1. The molecule has 6 rings (SSSR count). The number of amides is 1. The Morgan fingerprint density at radius 2 is 1.88 bits per heavy atom. The molecular formula is C31H34F3N5O3. The molecule has 2 aromatic carbocycles. The van der Waals surface area contributed by atoms with Gasteiger partial charge >= 0.3 is 6.36 Å². The molecule has 8 nitrogen and oxygen atoms in total. The average Bonchev–Trinajstić information content (AvgIpc) is 3.63. The molecule has 4 aromatic rings. The molecule has 2 aliphatic carbocycles. The zero-order valence-corrected chi connectivity index (χ0v) is 23.6. The molecule has 2 aliphatic rings. The van der Waals surface area contributed by atoms with E-state index in [1.165, 1.54) is 25.6 Å². The van der Waals surface area contributed by atoms with E-state index in [1.807, 2.05) is 29.0 Å². The lowest BCUT2D eigenvalue weighted by Gasteiger charge is -2.26. The fourth-order valence-electron chi connectivity index (χ4n) is 6.23. The Labute approximate surface area is 241 Å². The number of hydrogen-bond acceptors (Lipinski definition) is 5. The number of alkyl halides is 3. The number of aromatic nitrogens is 4. The fourth-order valence-corrected chi connectivity index (χ4v) is 6.23. The first kappa shape index (κ1) is 28.3. The molecule has 1 atom stereocenters.